The molecule has 102 valence electrons. The molecule has 1 N–H and O–H groups in total. The highest BCUT2D eigenvalue weighted by Gasteiger charge is 2.16. The summed E-state index contributed by atoms with van der Waals surface area (Å²) in [6.45, 7) is 5.38. The van der Waals surface area contributed by atoms with Crippen molar-refractivity contribution in [1.82, 2.24) is 10.3 Å². The number of aromatic nitrogens is 1. The Morgan fingerprint density at radius 1 is 1.22 bits per heavy atom. The minimum Gasteiger partial charge on any atom is -0.493 e. The average molecular weight is 254 g/mol. The molecule has 0 spiro atoms. The van der Waals surface area contributed by atoms with Gasteiger partial charge in [0.05, 0.1) is 25.5 Å². The molecule has 1 heterocycles. The van der Waals surface area contributed by atoms with Crippen molar-refractivity contribution in [2.75, 3.05) is 27.9 Å². The molecule has 0 unspecified atom stereocenters. The van der Waals surface area contributed by atoms with Gasteiger partial charge in [0.1, 0.15) is 0 Å². The standard InChI is InChI=1S/C13H22N2O3/c1-13(2,18-5)9-14-8-10-12(17-4)11(16-3)6-7-15-10/h6-7,14H,8-9H2,1-5H3. The van der Waals surface area contributed by atoms with Gasteiger partial charge in [-0.1, -0.05) is 0 Å². The van der Waals surface area contributed by atoms with Gasteiger partial charge in [-0.05, 0) is 13.8 Å². The van der Waals surface area contributed by atoms with Crippen LogP contribution in [0.25, 0.3) is 0 Å². The van der Waals surface area contributed by atoms with Crippen LogP contribution >= 0.6 is 0 Å². The van der Waals surface area contributed by atoms with Gasteiger partial charge in [0.25, 0.3) is 0 Å². The first kappa shape index (κ1) is 14.7. The third kappa shape index (κ3) is 3.85. The monoisotopic (exact) mass is 254 g/mol. The Bertz CT molecular complexity index is 380. The molecule has 0 aliphatic carbocycles. The SMILES string of the molecule is COc1ccnc(CNCC(C)(C)OC)c1OC. The summed E-state index contributed by atoms with van der Waals surface area (Å²) < 4.78 is 15.9. The van der Waals surface area contributed by atoms with E-state index in [1.54, 1.807) is 33.6 Å². The van der Waals surface area contributed by atoms with Gasteiger partial charge in [0.2, 0.25) is 0 Å². The van der Waals surface area contributed by atoms with E-state index in [0.717, 1.165) is 12.2 Å². The van der Waals surface area contributed by atoms with Crippen molar-refractivity contribution in [2.24, 2.45) is 0 Å². The zero-order valence-electron chi connectivity index (χ0n) is 11.7. The van der Waals surface area contributed by atoms with Crippen LogP contribution in [0.15, 0.2) is 12.3 Å². The summed E-state index contributed by atoms with van der Waals surface area (Å²) in [5.41, 5.74) is 0.621. The van der Waals surface area contributed by atoms with Crippen molar-refractivity contribution < 1.29 is 14.2 Å². The highest BCUT2D eigenvalue weighted by atomic mass is 16.5. The molecule has 1 aromatic rings. The molecule has 0 saturated carbocycles. The van der Waals surface area contributed by atoms with Crippen LogP contribution < -0.4 is 14.8 Å². The molecule has 0 aliphatic rings. The van der Waals surface area contributed by atoms with Crippen molar-refractivity contribution in [3.8, 4) is 11.5 Å². The topological polar surface area (TPSA) is 52.6 Å². The summed E-state index contributed by atoms with van der Waals surface area (Å²) in [4.78, 5) is 4.30. The molecular formula is C13H22N2O3. The minimum atomic E-state index is -0.202. The second-order valence-corrected chi connectivity index (χ2v) is 4.56. The Kier molecular flexibility index (Phi) is 5.37. The zero-order valence-corrected chi connectivity index (χ0v) is 11.7. The fourth-order valence-corrected chi connectivity index (χ4v) is 1.53. The van der Waals surface area contributed by atoms with Crippen molar-refractivity contribution >= 4 is 0 Å². The first-order valence-corrected chi connectivity index (χ1v) is 5.86. The number of rotatable bonds is 7. The van der Waals surface area contributed by atoms with Gasteiger partial charge < -0.3 is 19.5 Å². The van der Waals surface area contributed by atoms with E-state index in [1.807, 2.05) is 13.8 Å². The predicted molar refractivity (Wildman–Crippen MR) is 70.1 cm³/mol. The van der Waals surface area contributed by atoms with E-state index in [1.165, 1.54) is 0 Å². The summed E-state index contributed by atoms with van der Waals surface area (Å²) in [5.74, 6) is 1.36. The number of nitrogens with one attached hydrogen (secondary N) is 1. The molecule has 0 radical (unpaired) electrons. The molecule has 0 saturated heterocycles. The maximum atomic E-state index is 5.34. The van der Waals surface area contributed by atoms with Gasteiger partial charge in [-0.2, -0.15) is 0 Å². The van der Waals surface area contributed by atoms with Crippen molar-refractivity contribution in [3.05, 3.63) is 18.0 Å². The Morgan fingerprint density at radius 3 is 2.50 bits per heavy atom. The predicted octanol–water partition coefficient (Wildman–Crippen LogP) is 1.61. The van der Waals surface area contributed by atoms with Crippen LogP contribution in [0, 0.1) is 0 Å². The zero-order chi connectivity index (χ0) is 13.6. The minimum absolute atomic E-state index is 0.202. The van der Waals surface area contributed by atoms with Crippen LogP contribution in [0.3, 0.4) is 0 Å². The number of hydrogen-bond acceptors (Lipinski definition) is 5. The quantitative estimate of drug-likeness (QED) is 0.801. The van der Waals surface area contributed by atoms with E-state index in [2.05, 4.69) is 10.3 Å². The maximum Gasteiger partial charge on any atom is 0.183 e. The van der Waals surface area contributed by atoms with Gasteiger partial charge in [0.15, 0.2) is 11.5 Å². The van der Waals surface area contributed by atoms with Gasteiger partial charge >= 0.3 is 0 Å². The fraction of sp³-hybridized carbons (Fsp3) is 0.615. The number of hydrogen-bond donors (Lipinski definition) is 1. The summed E-state index contributed by atoms with van der Waals surface area (Å²) in [6.07, 6.45) is 1.71. The fourth-order valence-electron chi connectivity index (χ4n) is 1.53. The van der Waals surface area contributed by atoms with Crippen LogP contribution in [0.2, 0.25) is 0 Å². The molecule has 18 heavy (non-hydrogen) atoms. The van der Waals surface area contributed by atoms with Crippen LogP contribution in [0.5, 0.6) is 11.5 Å². The average Bonchev–Trinajstić information content (AvgIpc) is 2.38. The third-order valence-electron chi connectivity index (χ3n) is 2.76. The Morgan fingerprint density at radius 2 is 1.94 bits per heavy atom. The normalized spacial score (nSPS) is 11.4. The summed E-state index contributed by atoms with van der Waals surface area (Å²) >= 11 is 0. The van der Waals surface area contributed by atoms with Gasteiger partial charge in [-0.25, -0.2) is 0 Å². The Hall–Kier alpha value is -1.33. The number of nitrogens with zero attached hydrogens (tertiary/aromatic N) is 1. The van der Waals surface area contributed by atoms with E-state index < -0.39 is 0 Å². The maximum absolute atomic E-state index is 5.34. The molecule has 0 aliphatic heterocycles. The first-order chi connectivity index (χ1) is 8.54. The van der Waals surface area contributed by atoms with Crippen LogP contribution in [-0.2, 0) is 11.3 Å². The molecule has 1 aromatic heterocycles. The highest BCUT2D eigenvalue weighted by molar-refractivity contribution is 5.42. The van der Waals surface area contributed by atoms with E-state index in [0.29, 0.717) is 18.0 Å². The Balaban J connectivity index is 2.67. The lowest BCUT2D eigenvalue weighted by molar-refractivity contribution is 0.0229. The largest absolute Gasteiger partial charge is 0.493 e. The molecule has 0 fully saturated rings. The van der Waals surface area contributed by atoms with Gasteiger partial charge in [-0.15, -0.1) is 0 Å². The summed E-state index contributed by atoms with van der Waals surface area (Å²) in [6, 6.07) is 1.78. The van der Waals surface area contributed by atoms with Gasteiger partial charge in [-0.3, -0.25) is 4.98 Å². The first-order valence-electron chi connectivity index (χ1n) is 5.86. The van der Waals surface area contributed by atoms with E-state index in [-0.39, 0.29) is 5.60 Å². The molecule has 0 amide bonds. The van der Waals surface area contributed by atoms with Gasteiger partial charge in [0, 0.05) is 32.5 Å². The second kappa shape index (κ2) is 6.56. The molecule has 5 heteroatoms. The molecular weight excluding hydrogens is 232 g/mol. The molecule has 1 rings (SSSR count). The number of pyridine rings is 1. The summed E-state index contributed by atoms with van der Waals surface area (Å²) in [7, 11) is 4.93. The molecule has 5 nitrogen and oxygen atoms in total. The molecule has 0 bridgehead atoms. The lowest BCUT2D eigenvalue weighted by Crippen LogP contribution is -2.36. The van der Waals surface area contributed by atoms with E-state index in [4.69, 9.17) is 14.2 Å². The van der Waals surface area contributed by atoms with Crippen LogP contribution in [0.4, 0.5) is 0 Å². The van der Waals surface area contributed by atoms with Crippen molar-refractivity contribution in [3.63, 3.8) is 0 Å². The van der Waals surface area contributed by atoms with E-state index in [9.17, 15) is 0 Å². The lowest BCUT2D eigenvalue weighted by atomic mass is 10.1. The Labute approximate surface area is 108 Å². The number of ether oxygens (including phenoxy) is 3. The third-order valence-corrected chi connectivity index (χ3v) is 2.76. The highest BCUT2D eigenvalue weighted by Crippen LogP contribution is 2.28. The second-order valence-electron chi connectivity index (χ2n) is 4.56. The molecule has 0 atom stereocenters. The summed E-state index contributed by atoms with van der Waals surface area (Å²) in [5, 5.41) is 3.30. The van der Waals surface area contributed by atoms with Crippen LogP contribution in [-0.4, -0.2) is 38.5 Å². The molecule has 0 aromatic carbocycles. The van der Waals surface area contributed by atoms with Crippen molar-refractivity contribution in [2.45, 2.75) is 26.0 Å². The van der Waals surface area contributed by atoms with Crippen molar-refractivity contribution in [1.29, 1.82) is 0 Å². The lowest BCUT2D eigenvalue weighted by Gasteiger charge is -2.23. The smallest absolute Gasteiger partial charge is 0.183 e. The van der Waals surface area contributed by atoms with E-state index >= 15 is 0 Å². The van der Waals surface area contributed by atoms with Crippen LogP contribution in [0.1, 0.15) is 19.5 Å². The number of methoxy groups -OCH3 is 3.